The quantitative estimate of drug-likeness (QED) is 0.738. The summed E-state index contributed by atoms with van der Waals surface area (Å²) in [5, 5.41) is 19.8. The van der Waals surface area contributed by atoms with Crippen LogP contribution >= 0.6 is 11.6 Å². The minimum atomic E-state index is -1.09. The average molecular weight is 268 g/mol. The number of alkyl halides is 1. The molecule has 3 N–H and O–H groups in total. The van der Waals surface area contributed by atoms with Crippen molar-refractivity contribution in [1.82, 2.24) is 4.98 Å². The third kappa shape index (κ3) is 2.41. The Balaban J connectivity index is 2.54. The van der Waals surface area contributed by atoms with Crippen LogP contribution < -0.4 is 5.43 Å². The topological polar surface area (TPSA) is 73.3 Å². The van der Waals surface area contributed by atoms with Gasteiger partial charge >= 0.3 is 0 Å². The van der Waals surface area contributed by atoms with Gasteiger partial charge in [0, 0.05) is 22.7 Å². The fourth-order valence-electron chi connectivity index (χ4n) is 1.89. The molecule has 0 radical (unpaired) electrons. The lowest BCUT2D eigenvalue weighted by Gasteiger charge is -2.16. The van der Waals surface area contributed by atoms with Crippen LogP contribution in [0, 0.1) is 6.92 Å². The number of rotatable bonds is 3. The number of aliphatic hydroxyl groups is 2. The molecule has 0 bridgehead atoms. The minimum absolute atomic E-state index is 0.0660. The molecule has 1 aromatic heterocycles. The Labute approximate surface area is 109 Å². The molecule has 2 atom stereocenters. The molecule has 5 heteroatoms. The Morgan fingerprint density at radius 3 is 2.72 bits per heavy atom. The lowest BCUT2D eigenvalue weighted by Crippen LogP contribution is -2.20. The van der Waals surface area contributed by atoms with E-state index >= 15 is 0 Å². The van der Waals surface area contributed by atoms with E-state index in [1.807, 2.05) is 0 Å². The number of hydrogen-bond acceptors (Lipinski definition) is 3. The van der Waals surface area contributed by atoms with Crippen LogP contribution in [0.25, 0.3) is 10.9 Å². The third-order valence-electron chi connectivity index (χ3n) is 2.85. The predicted molar refractivity (Wildman–Crippen MR) is 71.0 cm³/mol. The molecule has 0 saturated carbocycles. The molecule has 96 valence electrons. The molecule has 1 aromatic carbocycles. The summed E-state index contributed by atoms with van der Waals surface area (Å²) in [6.45, 7) is 1.81. The number of aliphatic hydroxyl groups excluding tert-OH is 2. The van der Waals surface area contributed by atoms with Gasteiger partial charge in [0.2, 0.25) is 0 Å². The number of nitrogens with one attached hydrogen (secondary N) is 1. The lowest BCUT2D eigenvalue weighted by molar-refractivity contribution is 0.0328. The highest BCUT2D eigenvalue weighted by Gasteiger charge is 2.17. The smallest absolute Gasteiger partial charge is 0.189 e. The molecular weight excluding hydrogens is 254 g/mol. The molecule has 0 saturated heterocycles. The molecule has 0 aliphatic carbocycles. The first kappa shape index (κ1) is 13.1. The van der Waals surface area contributed by atoms with E-state index in [-0.39, 0.29) is 11.3 Å². The number of fused-ring (bicyclic) bond motifs is 1. The van der Waals surface area contributed by atoms with Gasteiger partial charge in [-0.05, 0) is 24.6 Å². The Morgan fingerprint density at radius 1 is 1.33 bits per heavy atom. The molecule has 0 spiro atoms. The fourth-order valence-corrected chi connectivity index (χ4v) is 2.06. The van der Waals surface area contributed by atoms with Gasteiger partial charge in [-0.25, -0.2) is 0 Å². The van der Waals surface area contributed by atoms with Crippen molar-refractivity contribution in [3.8, 4) is 0 Å². The third-order valence-corrected chi connectivity index (χ3v) is 3.17. The second-order valence-corrected chi connectivity index (χ2v) is 4.60. The summed E-state index contributed by atoms with van der Waals surface area (Å²) in [6.07, 6.45) is -2.14. The van der Waals surface area contributed by atoms with Crippen LogP contribution in [0.2, 0.25) is 0 Å². The number of pyridine rings is 1. The number of aryl methyl sites for hydroxylation is 1. The van der Waals surface area contributed by atoms with E-state index in [1.165, 1.54) is 6.07 Å². The van der Waals surface area contributed by atoms with Crippen LogP contribution in [0.5, 0.6) is 0 Å². The predicted octanol–water partition coefficient (Wildman–Crippen LogP) is 1.47. The van der Waals surface area contributed by atoms with E-state index in [2.05, 4.69) is 4.98 Å². The van der Waals surface area contributed by atoms with Crippen molar-refractivity contribution in [2.45, 2.75) is 19.1 Å². The van der Waals surface area contributed by atoms with Crippen molar-refractivity contribution in [2.75, 3.05) is 5.88 Å². The van der Waals surface area contributed by atoms with Crippen LogP contribution in [-0.4, -0.2) is 27.2 Å². The van der Waals surface area contributed by atoms with Gasteiger partial charge in [-0.2, -0.15) is 0 Å². The van der Waals surface area contributed by atoms with E-state index in [1.54, 1.807) is 25.1 Å². The van der Waals surface area contributed by atoms with Crippen LogP contribution in [0.1, 0.15) is 17.4 Å². The molecule has 2 aromatic rings. The monoisotopic (exact) mass is 267 g/mol. The highest BCUT2D eigenvalue weighted by atomic mass is 35.5. The highest BCUT2D eigenvalue weighted by molar-refractivity contribution is 6.18. The standard InChI is InChI=1S/C13H14ClNO3/c1-7-4-11(16)9-5-8(2-3-10(9)15-7)13(18)12(17)6-14/h2-5,12-13,17-18H,6H2,1H3,(H,15,16). The Kier molecular flexibility index (Phi) is 3.71. The van der Waals surface area contributed by atoms with Crippen LogP contribution in [-0.2, 0) is 0 Å². The van der Waals surface area contributed by atoms with Crippen molar-refractivity contribution in [3.63, 3.8) is 0 Å². The summed E-state index contributed by atoms with van der Waals surface area (Å²) in [6, 6.07) is 6.45. The zero-order chi connectivity index (χ0) is 13.3. The molecule has 4 nitrogen and oxygen atoms in total. The number of aromatic nitrogens is 1. The largest absolute Gasteiger partial charge is 0.389 e. The van der Waals surface area contributed by atoms with E-state index in [0.717, 1.165) is 5.69 Å². The van der Waals surface area contributed by atoms with E-state index in [9.17, 15) is 15.0 Å². The summed E-state index contributed by atoms with van der Waals surface area (Å²) in [4.78, 5) is 14.9. The van der Waals surface area contributed by atoms with E-state index < -0.39 is 12.2 Å². The minimum Gasteiger partial charge on any atom is -0.389 e. The normalized spacial score (nSPS) is 14.7. The summed E-state index contributed by atoms with van der Waals surface area (Å²) >= 11 is 5.49. The molecule has 2 rings (SSSR count). The molecule has 0 fully saturated rings. The van der Waals surface area contributed by atoms with Crippen LogP contribution in [0.15, 0.2) is 29.1 Å². The lowest BCUT2D eigenvalue weighted by atomic mass is 10.0. The van der Waals surface area contributed by atoms with Gasteiger partial charge in [0.15, 0.2) is 5.43 Å². The first-order valence-corrected chi connectivity index (χ1v) is 6.12. The van der Waals surface area contributed by atoms with Crippen LogP contribution in [0.3, 0.4) is 0 Å². The summed E-state index contributed by atoms with van der Waals surface area (Å²) in [5.74, 6) is -0.0660. The molecule has 0 amide bonds. The Bertz CT molecular complexity index is 623. The molecule has 18 heavy (non-hydrogen) atoms. The van der Waals surface area contributed by atoms with Gasteiger partial charge in [-0.1, -0.05) is 6.07 Å². The Morgan fingerprint density at radius 2 is 2.06 bits per heavy atom. The zero-order valence-corrected chi connectivity index (χ0v) is 10.6. The van der Waals surface area contributed by atoms with Crippen molar-refractivity contribution in [3.05, 3.63) is 45.7 Å². The molecule has 0 aliphatic rings. The average Bonchev–Trinajstić information content (AvgIpc) is 2.36. The summed E-state index contributed by atoms with van der Waals surface area (Å²) in [7, 11) is 0. The van der Waals surface area contributed by atoms with Gasteiger partial charge in [0.05, 0.1) is 12.0 Å². The van der Waals surface area contributed by atoms with Crippen molar-refractivity contribution in [1.29, 1.82) is 0 Å². The van der Waals surface area contributed by atoms with Crippen molar-refractivity contribution >= 4 is 22.5 Å². The van der Waals surface area contributed by atoms with Crippen LogP contribution in [0.4, 0.5) is 0 Å². The summed E-state index contributed by atoms with van der Waals surface area (Å²) in [5.41, 5.74) is 1.85. The number of aromatic amines is 1. The molecule has 0 aliphatic heterocycles. The van der Waals surface area contributed by atoms with Gasteiger partial charge in [0.1, 0.15) is 6.10 Å². The van der Waals surface area contributed by atoms with Gasteiger partial charge in [0.25, 0.3) is 0 Å². The number of halogens is 1. The van der Waals surface area contributed by atoms with E-state index in [0.29, 0.717) is 16.5 Å². The van der Waals surface area contributed by atoms with Gasteiger partial charge in [-0.15, -0.1) is 11.6 Å². The van der Waals surface area contributed by atoms with Gasteiger partial charge < -0.3 is 15.2 Å². The fraction of sp³-hybridized carbons (Fsp3) is 0.308. The maximum atomic E-state index is 11.8. The number of H-pyrrole nitrogens is 1. The zero-order valence-electron chi connectivity index (χ0n) is 9.85. The molecule has 1 heterocycles. The first-order chi connectivity index (χ1) is 8.52. The number of hydrogen-bond donors (Lipinski definition) is 3. The first-order valence-electron chi connectivity index (χ1n) is 5.58. The number of benzene rings is 1. The second kappa shape index (κ2) is 5.10. The maximum absolute atomic E-state index is 11.8. The molecule has 2 unspecified atom stereocenters. The van der Waals surface area contributed by atoms with Crippen molar-refractivity contribution < 1.29 is 10.2 Å². The summed E-state index contributed by atoms with van der Waals surface area (Å²) < 4.78 is 0. The second-order valence-electron chi connectivity index (χ2n) is 4.29. The maximum Gasteiger partial charge on any atom is 0.189 e. The Hall–Kier alpha value is -1.36. The van der Waals surface area contributed by atoms with Crippen molar-refractivity contribution in [2.24, 2.45) is 0 Å². The van der Waals surface area contributed by atoms with Gasteiger partial charge in [-0.3, -0.25) is 4.79 Å². The SMILES string of the molecule is Cc1cc(=O)c2cc(C(O)C(O)CCl)ccc2[nH]1. The molecular formula is C13H14ClNO3. The van der Waals surface area contributed by atoms with E-state index in [4.69, 9.17) is 11.6 Å². The highest BCUT2D eigenvalue weighted by Crippen LogP contribution is 2.20.